The molecule has 1 heterocycles. The topological polar surface area (TPSA) is 71.1 Å². The fourth-order valence-corrected chi connectivity index (χ4v) is 2.62. The molecule has 19 heavy (non-hydrogen) atoms. The lowest BCUT2D eigenvalue weighted by molar-refractivity contribution is 0.601. The molecule has 100 valence electrons. The molecule has 2 rings (SSSR count). The van der Waals surface area contributed by atoms with Crippen molar-refractivity contribution in [3.8, 4) is 0 Å². The molecule has 5 nitrogen and oxygen atoms in total. The van der Waals surface area contributed by atoms with E-state index in [0.29, 0.717) is 12.4 Å². The molecule has 0 fully saturated rings. The third-order valence-corrected chi connectivity index (χ3v) is 3.89. The summed E-state index contributed by atoms with van der Waals surface area (Å²) < 4.78 is 26.6. The van der Waals surface area contributed by atoms with Gasteiger partial charge in [-0.3, -0.25) is 4.72 Å². The number of anilines is 1. The highest BCUT2D eigenvalue weighted by Crippen LogP contribution is 2.14. The summed E-state index contributed by atoms with van der Waals surface area (Å²) in [6, 6.07) is 11.8. The molecule has 0 amide bonds. The van der Waals surface area contributed by atoms with Crippen molar-refractivity contribution in [3.05, 3.63) is 54.2 Å². The van der Waals surface area contributed by atoms with E-state index in [-0.39, 0.29) is 4.90 Å². The minimum atomic E-state index is -3.58. The Hall–Kier alpha value is -1.92. The molecule has 0 bridgehead atoms. The predicted molar refractivity (Wildman–Crippen MR) is 74.3 cm³/mol. The van der Waals surface area contributed by atoms with Crippen LogP contribution in [-0.2, 0) is 16.6 Å². The second kappa shape index (κ2) is 5.81. The third kappa shape index (κ3) is 3.52. The van der Waals surface area contributed by atoms with Crippen LogP contribution in [0.1, 0.15) is 5.56 Å². The molecule has 0 atom stereocenters. The summed E-state index contributed by atoms with van der Waals surface area (Å²) in [5.74, 6) is 0.307. The molecular formula is C13H15N3O2S. The second-order valence-corrected chi connectivity index (χ2v) is 5.68. The van der Waals surface area contributed by atoms with Crippen LogP contribution in [0.25, 0.3) is 0 Å². The smallest absolute Gasteiger partial charge is 0.263 e. The first-order chi connectivity index (χ1) is 9.12. The molecule has 2 aromatic rings. The minimum absolute atomic E-state index is 0.220. The van der Waals surface area contributed by atoms with Crippen LogP contribution in [0, 0.1) is 0 Å². The predicted octanol–water partition coefficient (Wildman–Crippen LogP) is 1.60. The van der Waals surface area contributed by atoms with Gasteiger partial charge >= 0.3 is 0 Å². The normalized spacial score (nSPS) is 11.2. The van der Waals surface area contributed by atoms with Gasteiger partial charge < -0.3 is 5.32 Å². The quantitative estimate of drug-likeness (QED) is 0.871. The molecule has 0 aliphatic rings. The van der Waals surface area contributed by atoms with Gasteiger partial charge in [0.1, 0.15) is 5.82 Å². The molecule has 0 aliphatic carbocycles. The zero-order valence-corrected chi connectivity index (χ0v) is 11.3. The van der Waals surface area contributed by atoms with Crippen LogP contribution < -0.4 is 10.0 Å². The van der Waals surface area contributed by atoms with Crippen LogP contribution >= 0.6 is 0 Å². The lowest BCUT2D eigenvalue weighted by atomic mass is 10.2. The maximum absolute atomic E-state index is 12.1. The molecule has 1 aromatic heterocycles. The number of hydrogen-bond acceptors (Lipinski definition) is 4. The van der Waals surface area contributed by atoms with E-state index in [1.54, 1.807) is 42.5 Å². The van der Waals surface area contributed by atoms with Crippen LogP contribution in [0.15, 0.2) is 53.6 Å². The van der Waals surface area contributed by atoms with Gasteiger partial charge in [-0.15, -0.1) is 0 Å². The van der Waals surface area contributed by atoms with Gasteiger partial charge in [0.05, 0.1) is 4.90 Å². The van der Waals surface area contributed by atoms with Crippen molar-refractivity contribution in [2.24, 2.45) is 0 Å². The van der Waals surface area contributed by atoms with Crippen molar-refractivity contribution in [1.29, 1.82) is 0 Å². The van der Waals surface area contributed by atoms with E-state index >= 15 is 0 Å². The Labute approximate surface area is 112 Å². The van der Waals surface area contributed by atoms with E-state index in [0.717, 1.165) is 5.56 Å². The molecule has 0 saturated heterocycles. The summed E-state index contributed by atoms with van der Waals surface area (Å²) in [4.78, 5) is 4.16. The van der Waals surface area contributed by atoms with E-state index in [1.807, 2.05) is 7.05 Å². The Balaban J connectivity index is 2.20. The number of aromatic nitrogens is 1. The van der Waals surface area contributed by atoms with Gasteiger partial charge in [0.15, 0.2) is 0 Å². The third-order valence-electron chi connectivity index (χ3n) is 2.52. The number of sulfonamides is 1. The van der Waals surface area contributed by atoms with Gasteiger partial charge in [-0.05, 0) is 36.9 Å². The van der Waals surface area contributed by atoms with Crippen LogP contribution in [0.2, 0.25) is 0 Å². The number of rotatable bonds is 5. The van der Waals surface area contributed by atoms with Crippen molar-refractivity contribution in [2.75, 3.05) is 11.8 Å². The largest absolute Gasteiger partial charge is 0.316 e. The molecule has 0 unspecified atom stereocenters. The monoisotopic (exact) mass is 277 g/mol. The molecule has 2 N–H and O–H groups in total. The minimum Gasteiger partial charge on any atom is -0.316 e. The van der Waals surface area contributed by atoms with Gasteiger partial charge in [-0.25, -0.2) is 13.4 Å². The van der Waals surface area contributed by atoms with Crippen LogP contribution in [-0.4, -0.2) is 20.4 Å². The fraction of sp³-hybridized carbons (Fsp3) is 0.154. The van der Waals surface area contributed by atoms with E-state index in [1.165, 1.54) is 6.20 Å². The second-order valence-electron chi connectivity index (χ2n) is 3.99. The SMILES string of the molecule is CNCc1ccc(S(=O)(=O)Nc2ccccn2)cc1. The Bertz CT molecular complexity index is 625. The van der Waals surface area contributed by atoms with Crippen molar-refractivity contribution >= 4 is 15.8 Å². The van der Waals surface area contributed by atoms with Crippen LogP contribution in [0.3, 0.4) is 0 Å². The zero-order chi connectivity index (χ0) is 13.7. The average molecular weight is 277 g/mol. The van der Waals surface area contributed by atoms with Gasteiger partial charge in [-0.1, -0.05) is 18.2 Å². The highest BCUT2D eigenvalue weighted by Gasteiger charge is 2.14. The van der Waals surface area contributed by atoms with Crippen molar-refractivity contribution in [1.82, 2.24) is 10.3 Å². The average Bonchev–Trinajstić information content (AvgIpc) is 2.40. The van der Waals surface area contributed by atoms with Crippen LogP contribution in [0.5, 0.6) is 0 Å². The first kappa shape index (κ1) is 13.5. The molecule has 1 aromatic carbocycles. The summed E-state index contributed by atoms with van der Waals surface area (Å²) in [6.45, 7) is 0.702. The summed E-state index contributed by atoms with van der Waals surface area (Å²) >= 11 is 0. The Morgan fingerprint density at radius 2 is 1.84 bits per heavy atom. The van der Waals surface area contributed by atoms with Crippen molar-refractivity contribution < 1.29 is 8.42 Å². The number of pyridine rings is 1. The van der Waals surface area contributed by atoms with Gasteiger partial charge in [0.2, 0.25) is 0 Å². The lowest BCUT2D eigenvalue weighted by Gasteiger charge is -2.07. The molecule has 0 radical (unpaired) electrons. The summed E-state index contributed by atoms with van der Waals surface area (Å²) in [7, 11) is -1.74. The molecule has 0 saturated carbocycles. The number of benzene rings is 1. The van der Waals surface area contributed by atoms with E-state index in [2.05, 4.69) is 15.0 Å². The summed E-state index contributed by atoms with van der Waals surface area (Å²) in [5.41, 5.74) is 1.03. The van der Waals surface area contributed by atoms with Gasteiger partial charge in [0.25, 0.3) is 10.0 Å². The van der Waals surface area contributed by atoms with E-state index in [9.17, 15) is 8.42 Å². The fourth-order valence-electron chi connectivity index (χ4n) is 1.61. The Morgan fingerprint density at radius 1 is 1.11 bits per heavy atom. The molecule has 0 spiro atoms. The maximum Gasteiger partial charge on any atom is 0.263 e. The molecular weight excluding hydrogens is 262 g/mol. The van der Waals surface area contributed by atoms with Gasteiger partial charge in [0, 0.05) is 12.7 Å². The summed E-state index contributed by atoms with van der Waals surface area (Å²) in [6.07, 6.45) is 1.54. The van der Waals surface area contributed by atoms with Crippen LogP contribution in [0.4, 0.5) is 5.82 Å². The van der Waals surface area contributed by atoms with Crippen molar-refractivity contribution in [2.45, 2.75) is 11.4 Å². The Morgan fingerprint density at radius 3 is 2.42 bits per heavy atom. The Kier molecular flexibility index (Phi) is 4.13. The van der Waals surface area contributed by atoms with E-state index < -0.39 is 10.0 Å². The highest BCUT2D eigenvalue weighted by atomic mass is 32.2. The first-order valence-corrected chi connectivity index (χ1v) is 7.27. The number of nitrogens with one attached hydrogen (secondary N) is 2. The highest BCUT2D eigenvalue weighted by molar-refractivity contribution is 7.92. The molecule has 0 aliphatic heterocycles. The number of hydrogen-bond donors (Lipinski definition) is 2. The zero-order valence-electron chi connectivity index (χ0n) is 10.5. The van der Waals surface area contributed by atoms with E-state index in [4.69, 9.17) is 0 Å². The molecule has 6 heteroatoms. The summed E-state index contributed by atoms with van der Waals surface area (Å²) in [5, 5.41) is 3.01. The first-order valence-electron chi connectivity index (χ1n) is 5.79. The maximum atomic E-state index is 12.1. The standard InChI is InChI=1S/C13H15N3O2S/c1-14-10-11-5-7-12(8-6-11)19(17,18)16-13-4-2-3-9-15-13/h2-9,14H,10H2,1H3,(H,15,16). The lowest BCUT2D eigenvalue weighted by Crippen LogP contribution is -2.14. The van der Waals surface area contributed by atoms with Gasteiger partial charge in [-0.2, -0.15) is 0 Å². The number of nitrogens with zero attached hydrogens (tertiary/aromatic N) is 1. The van der Waals surface area contributed by atoms with Crippen molar-refractivity contribution in [3.63, 3.8) is 0 Å².